The van der Waals surface area contributed by atoms with Gasteiger partial charge in [0, 0.05) is 34.8 Å². The Labute approximate surface area is 186 Å². The summed E-state index contributed by atoms with van der Waals surface area (Å²) < 4.78 is 21.1. The maximum absolute atomic E-state index is 13.1. The topological polar surface area (TPSA) is 69.3 Å². The molecule has 0 saturated carbocycles. The van der Waals surface area contributed by atoms with E-state index >= 15 is 0 Å². The van der Waals surface area contributed by atoms with Crippen LogP contribution in [0.15, 0.2) is 66.7 Å². The van der Waals surface area contributed by atoms with Crippen molar-refractivity contribution in [2.24, 2.45) is 0 Å². The SMILES string of the molecule is CCn1c(-c2ccc(NC(=O)c3ccc(F)cc3)cc2)c(N)c2ccc(OC(C)C)cc21. The first-order valence-electron chi connectivity index (χ1n) is 10.6. The molecule has 0 fully saturated rings. The minimum atomic E-state index is -0.377. The summed E-state index contributed by atoms with van der Waals surface area (Å²) in [6.07, 6.45) is 0.0898. The zero-order valence-corrected chi connectivity index (χ0v) is 18.4. The minimum absolute atomic E-state index is 0.0898. The fraction of sp³-hybridized carbons (Fsp3) is 0.192. The minimum Gasteiger partial charge on any atom is -0.491 e. The molecule has 3 aromatic carbocycles. The number of benzene rings is 3. The second-order valence-corrected chi connectivity index (χ2v) is 7.89. The van der Waals surface area contributed by atoms with Crippen molar-refractivity contribution in [1.82, 2.24) is 4.57 Å². The molecule has 0 bridgehead atoms. The molecule has 1 amide bonds. The predicted molar refractivity (Wildman–Crippen MR) is 128 cm³/mol. The lowest BCUT2D eigenvalue weighted by Gasteiger charge is -2.12. The highest BCUT2D eigenvalue weighted by Crippen LogP contribution is 2.38. The number of nitrogens with two attached hydrogens (primary N) is 1. The van der Waals surface area contributed by atoms with Gasteiger partial charge in [0.1, 0.15) is 11.6 Å². The molecular formula is C26H26FN3O2. The summed E-state index contributed by atoms with van der Waals surface area (Å²) in [6.45, 7) is 6.82. The third-order valence-electron chi connectivity index (χ3n) is 5.29. The van der Waals surface area contributed by atoms with Crippen molar-refractivity contribution in [2.75, 3.05) is 11.1 Å². The number of ether oxygens (including phenoxy) is 1. The molecule has 0 saturated heterocycles. The monoisotopic (exact) mass is 431 g/mol. The van der Waals surface area contributed by atoms with Crippen molar-refractivity contribution in [3.8, 4) is 17.0 Å². The quantitative estimate of drug-likeness (QED) is 0.388. The predicted octanol–water partition coefficient (Wildman–Crippen LogP) is 6.09. The van der Waals surface area contributed by atoms with Gasteiger partial charge in [-0.05, 0) is 69.3 Å². The number of amides is 1. The zero-order valence-electron chi connectivity index (χ0n) is 18.4. The summed E-state index contributed by atoms with van der Waals surface area (Å²) in [5, 5.41) is 3.81. The van der Waals surface area contributed by atoms with Gasteiger partial charge < -0.3 is 20.4 Å². The van der Waals surface area contributed by atoms with Crippen LogP contribution in [0, 0.1) is 5.82 Å². The second kappa shape index (κ2) is 8.75. The summed E-state index contributed by atoms with van der Waals surface area (Å²) in [4.78, 5) is 12.4. The maximum atomic E-state index is 13.1. The summed E-state index contributed by atoms with van der Waals surface area (Å²) in [7, 11) is 0. The van der Waals surface area contributed by atoms with Crippen LogP contribution in [0.25, 0.3) is 22.2 Å². The van der Waals surface area contributed by atoms with E-state index in [-0.39, 0.29) is 17.8 Å². The van der Waals surface area contributed by atoms with E-state index < -0.39 is 0 Å². The van der Waals surface area contributed by atoms with Crippen LogP contribution in [0.5, 0.6) is 5.75 Å². The van der Waals surface area contributed by atoms with Crippen molar-refractivity contribution in [2.45, 2.75) is 33.4 Å². The highest BCUT2D eigenvalue weighted by Gasteiger charge is 2.17. The fourth-order valence-electron chi connectivity index (χ4n) is 3.86. The number of hydrogen-bond donors (Lipinski definition) is 2. The van der Waals surface area contributed by atoms with Crippen molar-refractivity contribution in [1.29, 1.82) is 0 Å². The van der Waals surface area contributed by atoms with Crippen LogP contribution in [0.2, 0.25) is 0 Å². The summed E-state index contributed by atoms with van der Waals surface area (Å²) >= 11 is 0. The molecule has 0 aliphatic heterocycles. The van der Waals surface area contributed by atoms with Crippen LogP contribution >= 0.6 is 0 Å². The molecule has 0 radical (unpaired) electrons. The third-order valence-corrected chi connectivity index (χ3v) is 5.29. The highest BCUT2D eigenvalue weighted by molar-refractivity contribution is 6.05. The number of fused-ring (bicyclic) bond motifs is 1. The van der Waals surface area contributed by atoms with Gasteiger partial charge in [-0.25, -0.2) is 4.39 Å². The number of nitrogens with zero attached hydrogens (tertiary/aromatic N) is 1. The third kappa shape index (κ3) is 4.17. The average molecular weight is 432 g/mol. The number of halogens is 1. The molecule has 1 heterocycles. The molecule has 5 nitrogen and oxygen atoms in total. The molecule has 6 heteroatoms. The Kier molecular flexibility index (Phi) is 5.86. The standard InChI is InChI=1S/C26H26FN3O2/c1-4-30-23-15-21(32-16(2)3)13-14-22(23)24(28)25(30)17-7-11-20(12-8-17)29-26(31)18-5-9-19(27)10-6-18/h5-16H,4,28H2,1-3H3,(H,29,31). The van der Waals surface area contributed by atoms with E-state index in [9.17, 15) is 9.18 Å². The molecule has 3 N–H and O–H groups in total. The number of hydrogen-bond acceptors (Lipinski definition) is 3. The van der Waals surface area contributed by atoms with Gasteiger partial charge in [-0.1, -0.05) is 12.1 Å². The Balaban J connectivity index is 1.64. The molecule has 0 aliphatic rings. The van der Waals surface area contributed by atoms with E-state index in [4.69, 9.17) is 10.5 Å². The van der Waals surface area contributed by atoms with Gasteiger partial charge in [-0.2, -0.15) is 0 Å². The molecule has 0 aliphatic carbocycles. The van der Waals surface area contributed by atoms with Crippen molar-refractivity contribution in [3.63, 3.8) is 0 Å². The van der Waals surface area contributed by atoms with Gasteiger partial charge in [0.25, 0.3) is 5.91 Å². The van der Waals surface area contributed by atoms with E-state index in [1.54, 1.807) is 0 Å². The number of anilines is 2. The van der Waals surface area contributed by atoms with Crippen molar-refractivity contribution >= 4 is 28.2 Å². The zero-order chi connectivity index (χ0) is 22.8. The van der Waals surface area contributed by atoms with Gasteiger partial charge >= 0.3 is 0 Å². The number of carbonyl (C=O) groups excluding carboxylic acids is 1. The number of aromatic nitrogens is 1. The second-order valence-electron chi connectivity index (χ2n) is 7.89. The average Bonchev–Trinajstić information content (AvgIpc) is 3.05. The molecule has 32 heavy (non-hydrogen) atoms. The largest absolute Gasteiger partial charge is 0.491 e. The molecule has 0 unspecified atom stereocenters. The first-order valence-corrected chi connectivity index (χ1v) is 10.6. The number of carbonyl (C=O) groups is 1. The molecular weight excluding hydrogens is 405 g/mol. The number of rotatable bonds is 6. The molecule has 4 aromatic rings. The van der Waals surface area contributed by atoms with Gasteiger partial charge in [0.15, 0.2) is 0 Å². The molecule has 164 valence electrons. The highest BCUT2D eigenvalue weighted by atomic mass is 19.1. The Morgan fingerprint density at radius 2 is 1.75 bits per heavy atom. The van der Waals surface area contributed by atoms with E-state index in [0.29, 0.717) is 16.9 Å². The van der Waals surface area contributed by atoms with Crippen LogP contribution in [-0.4, -0.2) is 16.6 Å². The summed E-state index contributed by atoms with van der Waals surface area (Å²) in [6, 6.07) is 18.9. The normalized spacial score (nSPS) is 11.2. The van der Waals surface area contributed by atoms with E-state index in [0.717, 1.165) is 34.5 Å². The van der Waals surface area contributed by atoms with Crippen LogP contribution in [0.3, 0.4) is 0 Å². The lowest BCUT2D eigenvalue weighted by Crippen LogP contribution is -2.11. The van der Waals surface area contributed by atoms with Crippen LogP contribution in [0.1, 0.15) is 31.1 Å². The molecule has 0 atom stereocenters. The number of nitrogen functional groups attached to an aromatic ring is 1. The van der Waals surface area contributed by atoms with Crippen LogP contribution in [-0.2, 0) is 6.54 Å². The van der Waals surface area contributed by atoms with E-state index in [1.807, 2.05) is 56.3 Å². The van der Waals surface area contributed by atoms with Crippen molar-refractivity contribution < 1.29 is 13.9 Å². The van der Waals surface area contributed by atoms with Gasteiger partial charge in [-0.15, -0.1) is 0 Å². The lowest BCUT2D eigenvalue weighted by atomic mass is 10.1. The Hall–Kier alpha value is -3.80. The van der Waals surface area contributed by atoms with Gasteiger partial charge in [-0.3, -0.25) is 4.79 Å². The van der Waals surface area contributed by atoms with Gasteiger partial charge in [0.2, 0.25) is 0 Å². The molecule has 4 rings (SSSR count). The Morgan fingerprint density at radius 1 is 1.06 bits per heavy atom. The maximum Gasteiger partial charge on any atom is 0.255 e. The number of aryl methyl sites for hydroxylation is 1. The smallest absolute Gasteiger partial charge is 0.255 e. The Bertz CT molecular complexity index is 1260. The first-order chi connectivity index (χ1) is 15.4. The van der Waals surface area contributed by atoms with Crippen LogP contribution in [0.4, 0.5) is 15.8 Å². The van der Waals surface area contributed by atoms with Crippen molar-refractivity contribution in [3.05, 3.63) is 78.1 Å². The summed E-state index contributed by atoms with van der Waals surface area (Å²) in [5.41, 5.74) is 11.2. The molecule has 1 aromatic heterocycles. The Morgan fingerprint density at radius 3 is 2.38 bits per heavy atom. The fourth-order valence-corrected chi connectivity index (χ4v) is 3.86. The van der Waals surface area contributed by atoms with E-state index in [2.05, 4.69) is 16.8 Å². The van der Waals surface area contributed by atoms with Crippen LogP contribution < -0.4 is 15.8 Å². The lowest BCUT2D eigenvalue weighted by molar-refractivity contribution is 0.102. The first kappa shape index (κ1) is 21.4. The molecule has 0 spiro atoms. The van der Waals surface area contributed by atoms with Gasteiger partial charge in [0.05, 0.1) is 23.0 Å². The number of nitrogens with one attached hydrogen (secondary N) is 1. The van der Waals surface area contributed by atoms with E-state index in [1.165, 1.54) is 24.3 Å². The summed E-state index contributed by atoms with van der Waals surface area (Å²) in [5.74, 6) is 0.139.